The van der Waals surface area contributed by atoms with Gasteiger partial charge in [-0.25, -0.2) is 0 Å². The maximum Gasteiger partial charge on any atom is 0.187 e. The molecule has 0 aliphatic heterocycles. The topological polar surface area (TPSA) is 20.2 Å². The van der Waals surface area contributed by atoms with Crippen LogP contribution in [0.1, 0.15) is 201 Å². The second kappa shape index (κ2) is 28.9. The van der Waals surface area contributed by atoms with Crippen LogP contribution in [0.15, 0.2) is 0 Å². The number of quaternary nitrogens is 1. The maximum absolute atomic E-state index is 10.5. The first-order chi connectivity index (χ1) is 18.1. The molecule has 1 unspecified atom stereocenters. The highest BCUT2D eigenvalue weighted by atomic mass is 16.3. The van der Waals surface area contributed by atoms with E-state index in [2.05, 4.69) is 20.9 Å². The van der Waals surface area contributed by atoms with Gasteiger partial charge >= 0.3 is 0 Å². The first-order valence-corrected chi connectivity index (χ1v) is 17.6. The third kappa shape index (κ3) is 25.9. The van der Waals surface area contributed by atoms with Crippen molar-refractivity contribution in [1.82, 2.24) is 0 Å². The van der Waals surface area contributed by atoms with Crippen LogP contribution in [0.2, 0.25) is 0 Å². The SMILES string of the molecule is CCCCCCCCCCCCCCCC[N+](C)(CCCCCCCCCCCCCCCC)C(C)O. The second-order valence-electron chi connectivity index (χ2n) is 12.8. The maximum atomic E-state index is 10.5. The van der Waals surface area contributed by atoms with Crippen LogP contribution in [0.25, 0.3) is 0 Å². The van der Waals surface area contributed by atoms with E-state index in [1.165, 1.54) is 180 Å². The van der Waals surface area contributed by atoms with E-state index in [1.54, 1.807) is 0 Å². The Labute approximate surface area is 236 Å². The quantitative estimate of drug-likeness (QED) is 0.0543. The molecule has 2 nitrogen and oxygen atoms in total. The van der Waals surface area contributed by atoms with Crippen molar-refractivity contribution in [2.75, 3.05) is 20.1 Å². The Morgan fingerprint density at radius 3 is 0.757 bits per heavy atom. The molecular weight excluding hydrogens is 450 g/mol. The van der Waals surface area contributed by atoms with Crippen molar-refractivity contribution in [3.8, 4) is 0 Å². The fourth-order valence-electron chi connectivity index (χ4n) is 5.82. The summed E-state index contributed by atoms with van der Waals surface area (Å²) in [5.41, 5.74) is 0. The van der Waals surface area contributed by atoms with E-state index in [0.29, 0.717) is 0 Å². The van der Waals surface area contributed by atoms with Gasteiger partial charge in [-0.2, -0.15) is 0 Å². The largest absolute Gasteiger partial charge is 0.345 e. The molecule has 0 rings (SSSR count). The summed E-state index contributed by atoms with van der Waals surface area (Å²) < 4.78 is 0.858. The van der Waals surface area contributed by atoms with Gasteiger partial charge in [0, 0.05) is 6.92 Å². The van der Waals surface area contributed by atoms with E-state index < -0.39 is 0 Å². The molecule has 0 aromatic rings. The molecule has 1 atom stereocenters. The smallest absolute Gasteiger partial charge is 0.187 e. The van der Waals surface area contributed by atoms with E-state index in [1.807, 2.05) is 6.92 Å². The fraction of sp³-hybridized carbons (Fsp3) is 1.00. The number of hydrogen-bond donors (Lipinski definition) is 1. The summed E-state index contributed by atoms with van der Waals surface area (Å²) in [5.74, 6) is 0. The number of aliphatic hydroxyl groups excluding tert-OH is 1. The van der Waals surface area contributed by atoms with Crippen molar-refractivity contribution < 1.29 is 9.59 Å². The summed E-state index contributed by atoms with van der Waals surface area (Å²) in [7, 11) is 2.29. The molecule has 1 N–H and O–H groups in total. The normalized spacial score (nSPS) is 12.9. The zero-order chi connectivity index (χ0) is 27.3. The van der Waals surface area contributed by atoms with E-state index in [0.717, 1.165) is 17.6 Å². The summed E-state index contributed by atoms with van der Waals surface area (Å²) in [6.45, 7) is 8.90. The minimum absolute atomic E-state index is 0.232. The molecule has 0 spiro atoms. The summed E-state index contributed by atoms with van der Waals surface area (Å²) in [4.78, 5) is 0. The average molecular weight is 525 g/mol. The lowest BCUT2D eigenvalue weighted by Gasteiger charge is -2.37. The predicted molar refractivity (Wildman–Crippen MR) is 168 cm³/mol. The minimum atomic E-state index is -0.232. The van der Waals surface area contributed by atoms with Crippen LogP contribution in [0.5, 0.6) is 0 Å². The Bertz CT molecular complexity index is 389. The summed E-state index contributed by atoms with van der Waals surface area (Å²) in [5, 5.41) is 10.5. The first kappa shape index (κ1) is 36.9. The third-order valence-electron chi connectivity index (χ3n) is 8.95. The van der Waals surface area contributed by atoms with Crippen molar-refractivity contribution in [3.05, 3.63) is 0 Å². The Morgan fingerprint density at radius 2 is 0.568 bits per heavy atom. The van der Waals surface area contributed by atoms with Crippen molar-refractivity contribution >= 4 is 0 Å². The van der Waals surface area contributed by atoms with Gasteiger partial charge in [-0.15, -0.1) is 0 Å². The molecule has 0 saturated carbocycles. The highest BCUT2D eigenvalue weighted by Crippen LogP contribution is 2.18. The number of unbranched alkanes of at least 4 members (excludes halogenated alkanes) is 26. The molecule has 0 radical (unpaired) electrons. The Balaban J connectivity index is 3.54. The van der Waals surface area contributed by atoms with Crippen molar-refractivity contribution in [2.45, 2.75) is 207 Å². The lowest BCUT2D eigenvalue weighted by Crippen LogP contribution is -2.52. The van der Waals surface area contributed by atoms with Crippen molar-refractivity contribution in [2.24, 2.45) is 0 Å². The van der Waals surface area contributed by atoms with Gasteiger partial charge in [-0.3, -0.25) is 0 Å². The zero-order valence-electron chi connectivity index (χ0n) is 26.7. The van der Waals surface area contributed by atoms with E-state index in [-0.39, 0.29) is 6.23 Å². The van der Waals surface area contributed by atoms with Gasteiger partial charge in [0.15, 0.2) is 6.23 Å². The standard InChI is InChI=1S/C35H74NO/c1-5-7-9-11-13-15-17-19-21-23-25-27-29-31-33-36(4,35(3)37)34-32-30-28-26-24-22-20-18-16-14-12-10-8-6-2/h35,37H,5-34H2,1-4H3/q+1. The van der Waals surface area contributed by atoms with Crippen molar-refractivity contribution in [1.29, 1.82) is 0 Å². The van der Waals surface area contributed by atoms with Crippen LogP contribution in [0.3, 0.4) is 0 Å². The predicted octanol–water partition coefficient (Wildman–Crippen LogP) is 11.7. The molecule has 2 heteroatoms. The lowest BCUT2D eigenvalue weighted by atomic mass is 10.0. The van der Waals surface area contributed by atoms with Gasteiger partial charge in [-0.05, 0) is 25.7 Å². The number of nitrogens with zero attached hydrogens (tertiary/aromatic N) is 1. The molecule has 0 aromatic heterocycles. The molecule has 0 bridgehead atoms. The van der Waals surface area contributed by atoms with Gasteiger partial charge in [-0.1, -0.05) is 168 Å². The number of aliphatic hydroxyl groups is 1. The van der Waals surface area contributed by atoms with Gasteiger partial charge in [0.2, 0.25) is 0 Å². The van der Waals surface area contributed by atoms with E-state index in [4.69, 9.17) is 0 Å². The van der Waals surface area contributed by atoms with Crippen LogP contribution in [-0.4, -0.2) is 36.0 Å². The molecule has 37 heavy (non-hydrogen) atoms. The Hall–Kier alpha value is -0.0800. The molecule has 0 fully saturated rings. The molecule has 0 aromatic carbocycles. The van der Waals surface area contributed by atoms with Crippen LogP contribution in [-0.2, 0) is 0 Å². The third-order valence-corrected chi connectivity index (χ3v) is 8.95. The number of rotatable bonds is 31. The van der Waals surface area contributed by atoms with Crippen LogP contribution >= 0.6 is 0 Å². The zero-order valence-corrected chi connectivity index (χ0v) is 26.7. The molecule has 0 amide bonds. The fourth-order valence-corrected chi connectivity index (χ4v) is 5.82. The summed E-state index contributed by atoms with van der Waals surface area (Å²) in [6, 6.07) is 0. The Kier molecular flexibility index (Phi) is 28.9. The van der Waals surface area contributed by atoms with Gasteiger partial charge in [0.25, 0.3) is 0 Å². The minimum Gasteiger partial charge on any atom is -0.345 e. The Morgan fingerprint density at radius 1 is 0.378 bits per heavy atom. The molecule has 224 valence electrons. The van der Waals surface area contributed by atoms with Crippen LogP contribution in [0, 0.1) is 0 Å². The molecular formula is C35H74NO+. The van der Waals surface area contributed by atoms with Gasteiger partial charge in [0.1, 0.15) is 0 Å². The van der Waals surface area contributed by atoms with E-state index in [9.17, 15) is 5.11 Å². The highest BCUT2D eigenvalue weighted by Gasteiger charge is 2.26. The lowest BCUT2D eigenvalue weighted by molar-refractivity contribution is -0.952. The second-order valence-corrected chi connectivity index (χ2v) is 12.8. The van der Waals surface area contributed by atoms with Gasteiger partial charge < -0.3 is 9.59 Å². The summed E-state index contributed by atoms with van der Waals surface area (Å²) in [6.07, 6.45) is 39.3. The highest BCUT2D eigenvalue weighted by molar-refractivity contribution is 4.52. The summed E-state index contributed by atoms with van der Waals surface area (Å²) >= 11 is 0. The molecule has 0 aliphatic carbocycles. The van der Waals surface area contributed by atoms with Crippen molar-refractivity contribution in [3.63, 3.8) is 0 Å². The molecule has 0 aliphatic rings. The number of hydrogen-bond acceptors (Lipinski definition) is 1. The van der Waals surface area contributed by atoms with Crippen LogP contribution < -0.4 is 0 Å². The van der Waals surface area contributed by atoms with Crippen LogP contribution in [0.4, 0.5) is 0 Å². The first-order valence-electron chi connectivity index (χ1n) is 17.6. The monoisotopic (exact) mass is 525 g/mol. The van der Waals surface area contributed by atoms with Gasteiger partial charge in [0.05, 0.1) is 20.1 Å². The molecule has 0 saturated heterocycles. The van der Waals surface area contributed by atoms with E-state index >= 15 is 0 Å². The average Bonchev–Trinajstić information content (AvgIpc) is 2.89. The molecule has 0 heterocycles.